The van der Waals surface area contributed by atoms with Crippen molar-refractivity contribution in [2.24, 2.45) is 5.92 Å². The van der Waals surface area contributed by atoms with Gasteiger partial charge in [-0.25, -0.2) is 0 Å². The van der Waals surface area contributed by atoms with Crippen molar-refractivity contribution < 1.29 is 4.79 Å². The van der Waals surface area contributed by atoms with Crippen molar-refractivity contribution in [2.45, 2.75) is 45.6 Å². The van der Waals surface area contributed by atoms with E-state index < -0.39 is 0 Å². The minimum Gasteiger partial charge on any atom is -0.325 e. The van der Waals surface area contributed by atoms with E-state index in [0.29, 0.717) is 6.54 Å². The van der Waals surface area contributed by atoms with Crippen LogP contribution >= 0.6 is 0 Å². The number of hydrogen-bond donors (Lipinski definition) is 2. The first-order valence-corrected chi connectivity index (χ1v) is 8.94. The molecule has 4 heteroatoms. The van der Waals surface area contributed by atoms with Gasteiger partial charge in [0.1, 0.15) is 0 Å². The van der Waals surface area contributed by atoms with Crippen LogP contribution in [-0.2, 0) is 4.79 Å². The summed E-state index contributed by atoms with van der Waals surface area (Å²) in [5.74, 6) is 0.905. The molecule has 3 rings (SSSR count). The monoisotopic (exact) mass is 315 g/mol. The quantitative estimate of drug-likeness (QED) is 0.898. The van der Waals surface area contributed by atoms with Gasteiger partial charge in [0.15, 0.2) is 0 Å². The molecule has 2 fully saturated rings. The van der Waals surface area contributed by atoms with E-state index in [1.54, 1.807) is 0 Å². The van der Waals surface area contributed by atoms with Crippen LogP contribution in [0.3, 0.4) is 0 Å². The maximum absolute atomic E-state index is 12.2. The lowest BCUT2D eigenvalue weighted by Gasteiger charge is -2.34. The predicted octanol–water partition coefficient (Wildman–Crippen LogP) is 2.71. The number of carbonyl (C=O) groups excluding carboxylic acids is 1. The number of nitrogens with one attached hydrogen (secondary N) is 2. The lowest BCUT2D eigenvalue weighted by atomic mass is 9.88. The van der Waals surface area contributed by atoms with E-state index in [1.807, 2.05) is 12.1 Å². The molecular formula is C19H29N3O. The molecule has 1 aromatic carbocycles. The van der Waals surface area contributed by atoms with Crippen LogP contribution in [0, 0.1) is 19.8 Å². The highest BCUT2D eigenvalue weighted by molar-refractivity contribution is 5.92. The SMILES string of the molecule is Cc1ccc(NC(=O)CN2CCC(C3CCCN3)CC2)cc1C. The van der Waals surface area contributed by atoms with Gasteiger partial charge < -0.3 is 10.6 Å². The molecule has 2 aliphatic rings. The molecule has 4 nitrogen and oxygen atoms in total. The van der Waals surface area contributed by atoms with Gasteiger partial charge >= 0.3 is 0 Å². The van der Waals surface area contributed by atoms with Crippen LogP contribution in [0.1, 0.15) is 36.8 Å². The summed E-state index contributed by atoms with van der Waals surface area (Å²) in [4.78, 5) is 14.5. The Morgan fingerprint density at radius 1 is 1.22 bits per heavy atom. The Kier molecular flexibility index (Phi) is 5.34. The zero-order valence-corrected chi connectivity index (χ0v) is 14.4. The van der Waals surface area contributed by atoms with E-state index in [1.165, 1.54) is 43.4 Å². The van der Waals surface area contributed by atoms with Gasteiger partial charge in [-0.2, -0.15) is 0 Å². The summed E-state index contributed by atoms with van der Waals surface area (Å²) in [6.07, 6.45) is 5.09. The topological polar surface area (TPSA) is 44.4 Å². The highest BCUT2D eigenvalue weighted by Gasteiger charge is 2.28. The third kappa shape index (κ3) is 4.33. The fraction of sp³-hybridized carbons (Fsp3) is 0.632. The molecule has 2 saturated heterocycles. The highest BCUT2D eigenvalue weighted by Crippen LogP contribution is 2.25. The van der Waals surface area contributed by atoms with Crippen LogP contribution in [0.2, 0.25) is 0 Å². The highest BCUT2D eigenvalue weighted by atomic mass is 16.2. The van der Waals surface area contributed by atoms with E-state index in [9.17, 15) is 4.79 Å². The normalized spacial score (nSPS) is 23.1. The minimum absolute atomic E-state index is 0.102. The molecule has 1 unspecified atom stereocenters. The number of aryl methyl sites for hydroxylation is 2. The lowest BCUT2D eigenvalue weighted by molar-refractivity contribution is -0.117. The second-order valence-electron chi connectivity index (χ2n) is 7.16. The second-order valence-corrected chi connectivity index (χ2v) is 7.16. The number of anilines is 1. The third-order valence-corrected chi connectivity index (χ3v) is 5.46. The number of piperidine rings is 1. The Hall–Kier alpha value is -1.39. The molecule has 0 bridgehead atoms. The van der Waals surface area contributed by atoms with Gasteiger partial charge in [-0.3, -0.25) is 9.69 Å². The zero-order valence-electron chi connectivity index (χ0n) is 14.4. The number of likely N-dealkylation sites (tertiary alicyclic amines) is 1. The first-order chi connectivity index (χ1) is 11.1. The number of amides is 1. The Balaban J connectivity index is 1.44. The van der Waals surface area contributed by atoms with Crippen molar-refractivity contribution in [3.05, 3.63) is 29.3 Å². The van der Waals surface area contributed by atoms with Crippen LogP contribution in [0.15, 0.2) is 18.2 Å². The Morgan fingerprint density at radius 3 is 2.65 bits per heavy atom. The summed E-state index contributed by atoms with van der Waals surface area (Å²) in [5.41, 5.74) is 3.38. The van der Waals surface area contributed by atoms with Gasteiger partial charge in [-0.15, -0.1) is 0 Å². The van der Waals surface area contributed by atoms with Gasteiger partial charge in [-0.05, 0) is 88.3 Å². The van der Waals surface area contributed by atoms with Gasteiger partial charge in [0.25, 0.3) is 0 Å². The molecule has 23 heavy (non-hydrogen) atoms. The fourth-order valence-corrected chi connectivity index (χ4v) is 3.85. The average Bonchev–Trinajstić information content (AvgIpc) is 3.06. The number of hydrogen-bond acceptors (Lipinski definition) is 3. The summed E-state index contributed by atoms with van der Waals surface area (Å²) in [5, 5.41) is 6.66. The van der Waals surface area contributed by atoms with E-state index >= 15 is 0 Å². The summed E-state index contributed by atoms with van der Waals surface area (Å²) < 4.78 is 0. The summed E-state index contributed by atoms with van der Waals surface area (Å²) in [6, 6.07) is 6.82. The molecule has 1 aromatic rings. The molecule has 2 N–H and O–H groups in total. The molecule has 0 spiro atoms. The van der Waals surface area contributed by atoms with Crippen molar-refractivity contribution in [1.82, 2.24) is 10.2 Å². The van der Waals surface area contributed by atoms with Gasteiger partial charge in [0.05, 0.1) is 6.54 Å². The van der Waals surface area contributed by atoms with Gasteiger partial charge in [0.2, 0.25) is 5.91 Å². The molecule has 1 amide bonds. The Morgan fingerprint density at radius 2 is 2.00 bits per heavy atom. The number of benzene rings is 1. The summed E-state index contributed by atoms with van der Waals surface area (Å²) in [7, 11) is 0. The smallest absolute Gasteiger partial charge is 0.238 e. The fourth-order valence-electron chi connectivity index (χ4n) is 3.85. The van der Waals surface area contributed by atoms with Gasteiger partial charge in [0, 0.05) is 11.7 Å². The maximum atomic E-state index is 12.2. The summed E-state index contributed by atoms with van der Waals surface area (Å²) in [6.45, 7) is 7.95. The summed E-state index contributed by atoms with van der Waals surface area (Å²) >= 11 is 0. The molecular weight excluding hydrogens is 286 g/mol. The number of rotatable bonds is 4. The average molecular weight is 315 g/mol. The van der Waals surface area contributed by atoms with Crippen LogP contribution in [0.5, 0.6) is 0 Å². The lowest BCUT2D eigenvalue weighted by Crippen LogP contribution is -2.43. The molecule has 0 aliphatic carbocycles. The first kappa shape index (κ1) is 16.5. The molecule has 0 saturated carbocycles. The van der Waals surface area contributed by atoms with E-state index in [4.69, 9.17) is 0 Å². The van der Waals surface area contributed by atoms with Crippen molar-refractivity contribution in [3.63, 3.8) is 0 Å². The van der Waals surface area contributed by atoms with Crippen LogP contribution in [0.4, 0.5) is 5.69 Å². The van der Waals surface area contributed by atoms with Crippen molar-refractivity contribution >= 4 is 11.6 Å². The maximum Gasteiger partial charge on any atom is 0.238 e. The van der Waals surface area contributed by atoms with E-state index in [0.717, 1.165) is 30.7 Å². The molecule has 2 heterocycles. The first-order valence-electron chi connectivity index (χ1n) is 8.94. The minimum atomic E-state index is 0.102. The third-order valence-electron chi connectivity index (χ3n) is 5.46. The molecule has 0 aromatic heterocycles. The van der Waals surface area contributed by atoms with Gasteiger partial charge in [-0.1, -0.05) is 6.07 Å². The van der Waals surface area contributed by atoms with Crippen LogP contribution in [-0.4, -0.2) is 43.0 Å². The Labute approximate surface area is 139 Å². The van der Waals surface area contributed by atoms with Crippen LogP contribution in [0.25, 0.3) is 0 Å². The van der Waals surface area contributed by atoms with Crippen molar-refractivity contribution in [1.29, 1.82) is 0 Å². The molecule has 126 valence electrons. The van der Waals surface area contributed by atoms with E-state index in [2.05, 4.69) is 35.4 Å². The van der Waals surface area contributed by atoms with E-state index in [-0.39, 0.29) is 5.91 Å². The molecule has 1 atom stereocenters. The Bertz CT molecular complexity index is 544. The van der Waals surface area contributed by atoms with Crippen molar-refractivity contribution in [3.8, 4) is 0 Å². The predicted molar refractivity (Wildman–Crippen MR) is 94.7 cm³/mol. The zero-order chi connectivity index (χ0) is 16.2. The standard InChI is InChI=1S/C19H29N3O/c1-14-5-6-17(12-15(14)2)21-19(23)13-22-10-7-16(8-11-22)18-4-3-9-20-18/h5-6,12,16,18,20H,3-4,7-11,13H2,1-2H3,(H,21,23). The molecule has 0 radical (unpaired) electrons. The van der Waals surface area contributed by atoms with Crippen LogP contribution < -0.4 is 10.6 Å². The largest absolute Gasteiger partial charge is 0.325 e. The second kappa shape index (κ2) is 7.45. The number of nitrogens with zero attached hydrogens (tertiary/aromatic N) is 1. The van der Waals surface area contributed by atoms with Crippen molar-refractivity contribution in [2.75, 3.05) is 31.5 Å². The number of carbonyl (C=O) groups is 1. The molecule has 2 aliphatic heterocycles.